The molecule has 2 aromatic heterocycles. The highest BCUT2D eigenvalue weighted by Crippen LogP contribution is 2.32. The lowest BCUT2D eigenvalue weighted by Crippen LogP contribution is -2.42. The average molecular weight is 497 g/mol. The van der Waals surface area contributed by atoms with Gasteiger partial charge < -0.3 is 5.73 Å². The number of hydrogen-bond acceptors (Lipinski definition) is 5. The van der Waals surface area contributed by atoms with Crippen molar-refractivity contribution in [3.05, 3.63) is 83.7 Å². The molecule has 3 N–H and O–H groups in total. The fraction of sp³-hybridized carbons (Fsp3) is 0.238. The first-order chi connectivity index (χ1) is 15.3. The van der Waals surface area contributed by atoms with Crippen LogP contribution in [-0.2, 0) is 6.54 Å². The van der Waals surface area contributed by atoms with Crippen molar-refractivity contribution in [2.45, 2.75) is 26.3 Å². The van der Waals surface area contributed by atoms with Gasteiger partial charge in [-0.15, -0.1) is 0 Å². The fourth-order valence-electron chi connectivity index (χ4n) is 3.11. The first-order valence-corrected chi connectivity index (χ1v) is 10.9. The number of hydrogen-bond donors (Lipinski definition) is 2. The predicted octanol–water partition coefficient (Wildman–Crippen LogP) is 3.97. The van der Waals surface area contributed by atoms with Crippen molar-refractivity contribution >= 4 is 52.2 Å². The van der Waals surface area contributed by atoms with Crippen LogP contribution in [0.25, 0.3) is 0 Å². The average Bonchev–Trinajstić information content (AvgIpc) is 2.77. The number of benzene rings is 1. The number of halogens is 3. The van der Waals surface area contributed by atoms with E-state index in [0.717, 1.165) is 16.9 Å². The van der Waals surface area contributed by atoms with Crippen LogP contribution in [0.3, 0.4) is 0 Å². The minimum atomic E-state index is -0.794. The molecule has 32 heavy (non-hydrogen) atoms. The number of nitrogen functional groups attached to an aromatic ring is 1. The molecule has 0 unspecified atom stereocenters. The smallest absolute Gasteiger partial charge is 0.330 e. The first-order valence-electron chi connectivity index (χ1n) is 9.74. The van der Waals surface area contributed by atoms with Crippen LogP contribution in [0, 0.1) is 0 Å². The molecule has 0 aliphatic heterocycles. The van der Waals surface area contributed by atoms with E-state index in [1.807, 2.05) is 37.3 Å². The third kappa shape index (κ3) is 4.82. The summed E-state index contributed by atoms with van der Waals surface area (Å²) in [6.45, 7) is 2.18. The molecular formula is C21H20Cl3N5O3. The van der Waals surface area contributed by atoms with E-state index in [0.29, 0.717) is 6.42 Å². The second kappa shape index (κ2) is 10.2. The Morgan fingerprint density at radius 1 is 1.16 bits per heavy atom. The van der Waals surface area contributed by atoms with E-state index in [1.165, 1.54) is 10.8 Å². The number of nitrogens with one attached hydrogen (secondary N) is 1. The van der Waals surface area contributed by atoms with E-state index in [-0.39, 0.29) is 45.4 Å². The zero-order valence-electron chi connectivity index (χ0n) is 17.1. The summed E-state index contributed by atoms with van der Waals surface area (Å²) >= 11 is 18.2. The lowest BCUT2D eigenvalue weighted by atomic mass is 10.2. The molecule has 2 heterocycles. The second-order valence-corrected chi connectivity index (χ2v) is 8.12. The summed E-state index contributed by atoms with van der Waals surface area (Å²) in [5.41, 5.74) is 5.23. The molecule has 1 aromatic carbocycles. The van der Waals surface area contributed by atoms with Gasteiger partial charge in [-0.3, -0.25) is 24.0 Å². The number of unbranched alkanes of at least 4 members (excludes halogenated alkanes) is 1. The number of nitrogens with two attached hydrogens (primary N) is 1. The zero-order valence-corrected chi connectivity index (χ0v) is 19.3. The van der Waals surface area contributed by atoms with E-state index >= 15 is 0 Å². The third-order valence-electron chi connectivity index (χ3n) is 4.77. The van der Waals surface area contributed by atoms with Crippen LogP contribution in [0.2, 0.25) is 15.1 Å². The maximum atomic E-state index is 13.4. The maximum Gasteiger partial charge on any atom is 0.330 e. The second-order valence-electron chi connectivity index (χ2n) is 6.96. The number of aromatic nitrogens is 3. The highest BCUT2D eigenvalue weighted by atomic mass is 35.5. The van der Waals surface area contributed by atoms with Gasteiger partial charge in [0.25, 0.3) is 11.5 Å². The largest absolute Gasteiger partial charge is 0.383 e. The number of carbonyl (C=O) groups excluding carboxylic acids is 1. The molecule has 0 fully saturated rings. The highest BCUT2D eigenvalue weighted by molar-refractivity contribution is 6.49. The SMILES string of the molecule is CCCCN(C(=O)c1ncc(Cl)c(Cl)c1Cl)c1c(N)n(Cc2ccccc2)c(=O)[nH]c1=O. The number of rotatable bonds is 7. The highest BCUT2D eigenvalue weighted by Gasteiger charge is 2.28. The van der Waals surface area contributed by atoms with Gasteiger partial charge >= 0.3 is 5.69 Å². The Balaban J connectivity index is 2.15. The molecule has 3 aromatic rings. The minimum absolute atomic E-state index is 0.0296. The van der Waals surface area contributed by atoms with Gasteiger partial charge in [-0.25, -0.2) is 9.78 Å². The normalized spacial score (nSPS) is 10.9. The zero-order chi connectivity index (χ0) is 23.4. The molecule has 168 valence electrons. The number of aromatic amines is 1. The monoisotopic (exact) mass is 495 g/mol. The number of nitrogens with zero attached hydrogens (tertiary/aromatic N) is 3. The standard InChI is InChI=1S/C21H20Cl3N5O3/c1-2-3-9-28(20(31)16-15(24)14(23)13(22)10-26-16)17-18(25)29(21(32)27-19(17)30)11-12-7-5-4-6-8-12/h4-8,10H,2-3,9,11,25H2,1H3,(H,27,30,32). The van der Waals surface area contributed by atoms with E-state index in [2.05, 4.69) is 9.97 Å². The lowest BCUT2D eigenvalue weighted by Gasteiger charge is -2.24. The molecule has 0 atom stereocenters. The van der Waals surface area contributed by atoms with Crippen LogP contribution < -0.4 is 21.9 Å². The van der Waals surface area contributed by atoms with E-state index in [9.17, 15) is 14.4 Å². The Labute approximate surface area is 198 Å². The lowest BCUT2D eigenvalue weighted by molar-refractivity contribution is 0.0981. The molecular weight excluding hydrogens is 477 g/mol. The molecule has 1 amide bonds. The molecule has 0 spiro atoms. The van der Waals surface area contributed by atoms with Crippen LogP contribution in [0.5, 0.6) is 0 Å². The van der Waals surface area contributed by atoms with Gasteiger partial charge in [0.1, 0.15) is 11.5 Å². The van der Waals surface area contributed by atoms with Crippen LogP contribution in [0.15, 0.2) is 46.1 Å². The fourth-order valence-corrected chi connectivity index (χ4v) is 3.67. The Hall–Kier alpha value is -2.81. The van der Waals surface area contributed by atoms with Gasteiger partial charge in [0, 0.05) is 12.7 Å². The van der Waals surface area contributed by atoms with Gasteiger partial charge in [0.15, 0.2) is 5.69 Å². The number of pyridine rings is 1. The number of carbonyl (C=O) groups is 1. The van der Waals surface area contributed by atoms with Gasteiger partial charge in [-0.05, 0) is 12.0 Å². The number of anilines is 2. The molecule has 0 bridgehead atoms. The summed E-state index contributed by atoms with van der Waals surface area (Å²) in [5.74, 6) is -0.840. The van der Waals surface area contributed by atoms with Crippen molar-refractivity contribution in [1.82, 2.24) is 14.5 Å². The Morgan fingerprint density at radius 2 is 1.84 bits per heavy atom. The maximum absolute atomic E-state index is 13.4. The summed E-state index contributed by atoms with van der Waals surface area (Å²) in [6, 6.07) is 9.11. The molecule has 3 rings (SSSR count). The molecule has 11 heteroatoms. The van der Waals surface area contributed by atoms with Gasteiger partial charge in [-0.2, -0.15) is 0 Å². The predicted molar refractivity (Wildman–Crippen MR) is 127 cm³/mol. The summed E-state index contributed by atoms with van der Waals surface area (Å²) < 4.78 is 1.20. The van der Waals surface area contributed by atoms with E-state index in [1.54, 1.807) is 0 Å². The number of H-pyrrole nitrogens is 1. The third-order valence-corrected chi connectivity index (χ3v) is 6.01. The summed E-state index contributed by atoms with van der Waals surface area (Å²) in [7, 11) is 0. The van der Waals surface area contributed by atoms with E-state index < -0.39 is 17.2 Å². The van der Waals surface area contributed by atoms with E-state index in [4.69, 9.17) is 40.5 Å². The Bertz CT molecular complexity index is 1260. The summed E-state index contributed by atoms with van der Waals surface area (Å²) in [4.78, 5) is 46.0. The van der Waals surface area contributed by atoms with Crippen molar-refractivity contribution in [2.24, 2.45) is 0 Å². The van der Waals surface area contributed by atoms with Crippen molar-refractivity contribution in [1.29, 1.82) is 0 Å². The molecule has 0 radical (unpaired) electrons. The first kappa shape index (κ1) is 23.8. The molecule has 8 nitrogen and oxygen atoms in total. The van der Waals surface area contributed by atoms with Gasteiger partial charge in [0.2, 0.25) is 0 Å². The van der Waals surface area contributed by atoms with Crippen molar-refractivity contribution in [3.63, 3.8) is 0 Å². The molecule has 0 aliphatic rings. The minimum Gasteiger partial charge on any atom is -0.383 e. The number of amides is 1. The van der Waals surface area contributed by atoms with Crippen molar-refractivity contribution in [2.75, 3.05) is 17.2 Å². The topological polar surface area (TPSA) is 114 Å². The van der Waals surface area contributed by atoms with Crippen molar-refractivity contribution in [3.8, 4) is 0 Å². The summed E-state index contributed by atoms with van der Waals surface area (Å²) in [6.07, 6.45) is 2.49. The Morgan fingerprint density at radius 3 is 2.50 bits per heavy atom. The van der Waals surface area contributed by atoms with Gasteiger partial charge in [0.05, 0.1) is 21.6 Å². The van der Waals surface area contributed by atoms with Crippen LogP contribution in [0.1, 0.15) is 35.8 Å². The van der Waals surface area contributed by atoms with Gasteiger partial charge in [-0.1, -0.05) is 78.5 Å². The van der Waals surface area contributed by atoms with Crippen molar-refractivity contribution < 1.29 is 4.79 Å². The molecule has 0 aliphatic carbocycles. The Kier molecular flexibility index (Phi) is 7.60. The quantitative estimate of drug-likeness (QED) is 0.514. The van der Waals surface area contributed by atoms with Crippen LogP contribution in [-0.4, -0.2) is 27.0 Å². The van der Waals surface area contributed by atoms with Crippen LogP contribution >= 0.6 is 34.8 Å². The molecule has 0 saturated heterocycles. The summed E-state index contributed by atoms with van der Waals surface area (Å²) in [5, 5.41) is -0.0848. The molecule has 0 saturated carbocycles. The van der Waals surface area contributed by atoms with Crippen LogP contribution in [0.4, 0.5) is 11.5 Å².